The van der Waals surface area contributed by atoms with Gasteiger partial charge >= 0.3 is 0 Å². The number of nitrogens with two attached hydrogens (primary N) is 1. The molecule has 0 saturated heterocycles. The molecular weight excluding hydrogens is 96.1 g/mol. The molecule has 0 radical (unpaired) electrons. The molecule has 38 valence electrons. The van der Waals surface area contributed by atoms with E-state index in [1.54, 1.807) is 0 Å². The second kappa shape index (κ2) is 1.61. The number of hydrogen-bond donors (Lipinski definition) is 1. The van der Waals surface area contributed by atoms with E-state index in [-0.39, 0.29) is 6.67 Å². The highest BCUT2D eigenvalue weighted by Gasteiger charge is 1.82. The Morgan fingerprint density at radius 1 is 1.29 bits per heavy atom. The molecule has 0 saturated carbocycles. The van der Waals surface area contributed by atoms with Crippen molar-refractivity contribution in [3.8, 4) is 0 Å². The highest BCUT2D eigenvalue weighted by Crippen LogP contribution is 1.56. The lowest BCUT2D eigenvalue weighted by Crippen LogP contribution is -2.10. The molecular formula is CH4N6. The summed E-state index contributed by atoms with van der Waals surface area (Å²) in [6, 6.07) is 0. The summed E-state index contributed by atoms with van der Waals surface area (Å²) in [6.45, 7) is 0.229. The summed E-state index contributed by atoms with van der Waals surface area (Å²) in [5, 5.41) is 13.0. The van der Waals surface area contributed by atoms with Crippen LogP contribution in [0.25, 0.3) is 0 Å². The molecule has 0 bridgehead atoms. The maximum absolute atomic E-state index is 5.05. The summed E-state index contributed by atoms with van der Waals surface area (Å²) in [6.07, 6.45) is 0. The normalized spacial score (nSPS) is 9.29. The molecule has 0 aliphatic carbocycles. The van der Waals surface area contributed by atoms with Gasteiger partial charge in [0, 0.05) is 0 Å². The van der Waals surface area contributed by atoms with Gasteiger partial charge in [0.1, 0.15) is 6.67 Å². The minimum atomic E-state index is 0.229. The van der Waals surface area contributed by atoms with E-state index in [1.165, 1.54) is 4.80 Å². The zero-order valence-electron chi connectivity index (χ0n) is 3.52. The first-order valence-corrected chi connectivity index (χ1v) is 1.72. The second-order valence-corrected chi connectivity index (χ2v) is 0.913. The summed E-state index contributed by atoms with van der Waals surface area (Å²) in [7, 11) is 0. The van der Waals surface area contributed by atoms with Crippen LogP contribution in [-0.4, -0.2) is 25.7 Å². The summed E-state index contributed by atoms with van der Waals surface area (Å²) in [5.74, 6) is 0. The van der Waals surface area contributed by atoms with Crippen LogP contribution in [0.5, 0.6) is 0 Å². The van der Waals surface area contributed by atoms with Crippen molar-refractivity contribution >= 4 is 0 Å². The van der Waals surface area contributed by atoms with Crippen molar-refractivity contribution in [2.24, 2.45) is 5.73 Å². The quantitative estimate of drug-likeness (QED) is 0.440. The first-order chi connectivity index (χ1) is 3.43. The van der Waals surface area contributed by atoms with Gasteiger partial charge in [0.2, 0.25) is 0 Å². The predicted molar refractivity (Wildman–Crippen MR) is 19.8 cm³/mol. The largest absolute Gasteiger partial charge is 0.311 e. The maximum Gasteiger partial charge on any atom is 0.112 e. The third-order valence-corrected chi connectivity index (χ3v) is 0.490. The zero-order valence-corrected chi connectivity index (χ0v) is 3.52. The molecule has 6 heteroatoms. The van der Waals surface area contributed by atoms with Gasteiger partial charge in [-0.15, -0.1) is 4.80 Å². The third kappa shape index (κ3) is 0.686. The Kier molecular flexibility index (Phi) is 0.947. The predicted octanol–water partition coefficient (Wildman–Crippen LogP) is -2.02. The molecule has 1 aromatic rings. The molecule has 0 aliphatic rings. The highest BCUT2D eigenvalue weighted by atomic mass is 15.7. The van der Waals surface area contributed by atoms with E-state index in [9.17, 15) is 0 Å². The van der Waals surface area contributed by atoms with E-state index in [0.717, 1.165) is 0 Å². The van der Waals surface area contributed by atoms with Gasteiger partial charge in [0.05, 0.1) is 0 Å². The third-order valence-electron chi connectivity index (χ3n) is 0.490. The van der Waals surface area contributed by atoms with Crippen LogP contribution in [-0.2, 0) is 6.67 Å². The molecule has 1 aromatic heterocycles. The first kappa shape index (κ1) is 4.13. The summed E-state index contributed by atoms with van der Waals surface area (Å²) in [5.41, 5.74) is 5.05. The molecule has 6 nitrogen and oxygen atoms in total. The molecule has 2 N–H and O–H groups in total. The monoisotopic (exact) mass is 100 g/mol. The van der Waals surface area contributed by atoms with E-state index in [1.807, 2.05) is 0 Å². The fraction of sp³-hybridized carbons (Fsp3) is 1.00. The molecule has 1 heterocycles. The van der Waals surface area contributed by atoms with E-state index in [0.29, 0.717) is 0 Å². The van der Waals surface area contributed by atoms with E-state index in [2.05, 4.69) is 20.9 Å². The van der Waals surface area contributed by atoms with Crippen molar-refractivity contribution in [1.82, 2.24) is 25.7 Å². The van der Waals surface area contributed by atoms with Crippen molar-refractivity contribution in [3.63, 3.8) is 0 Å². The van der Waals surface area contributed by atoms with Crippen LogP contribution in [0, 0.1) is 0 Å². The van der Waals surface area contributed by atoms with Crippen LogP contribution in [0.3, 0.4) is 0 Å². The smallest absolute Gasteiger partial charge is 0.112 e. The first-order valence-electron chi connectivity index (χ1n) is 1.72. The van der Waals surface area contributed by atoms with Crippen LogP contribution < -0.4 is 5.73 Å². The van der Waals surface area contributed by atoms with Gasteiger partial charge in [-0.05, 0) is 20.9 Å². The summed E-state index contributed by atoms with van der Waals surface area (Å²) in [4.78, 5) is 1.18. The average Bonchev–Trinajstić information content (AvgIpc) is 2.14. The van der Waals surface area contributed by atoms with Crippen molar-refractivity contribution in [1.29, 1.82) is 0 Å². The van der Waals surface area contributed by atoms with Gasteiger partial charge in [-0.1, -0.05) is 0 Å². The van der Waals surface area contributed by atoms with E-state index < -0.39 is 0 Å². The Bertz CT molecular complexity index is 119. The summed E-state index contributed by atoms with van der Waals surface area (Å²) < 4.78 is 0. The van der Waals surface area contributed by atoms with Crippen LogP contribution in [0.1, 0.15) is 0 Å². The average molecular weight is 100 g/mol. The fourth-order valence-corrected chi connectivity index (χ4v) is 0.219. The molecule has 0 aliphatic heterocycles. The van der Waals surface area contributed by atoms with E-state index in [4.69, 9.17) is 5.73 Å². The Morgan fingerprint density at radius 2 is 1.86 bits per heavy atom. The molecule has 1 rings (SSSR count). The topological polar surface area (TPSA) is 82.5 Å². The van der Waals surface area contributed by atoms with Gasteiger partial charge in [-0.3, -0.25) is 0 Å². The van der Waals surface area contributed by atoms with Crippen LogP contribution in [0.15, 0.2) is 0 Å². The number of nitrogens with zero attached hydrogens (tertiary/aromatic N) is 5. The Labute approximate surface area is 39.3 Å². The molecule has 0 amide bonds. The Balaban J connectivity index is 2.76. The second-order valence-electron chi connectivity index (χ2n) is 0.913. The molecule has 0 spiro atoms. The van der Waals surface area contributed by atoms with E-state index >= 15 is 0 Å². The molecule has 7 heavy (non-hydrogen) atoms. The minimum Gasteiger partial charge on any atom is -0.311 e. The van der Waals surface area contributed by atoms with Gasteiger partial charge in [-0.25, -0.2) is 0 Å². The zero-order chi connectivity index (χ0) is 5.11. The number of rotatable bonds is 1. The van der Waals surface area contributed by atoms with Gasteiger partial charge in [0.15, 0.2) is 0 Å². The van der Waals surface area contributed by atoms with Crippen LogP contribution in [0.4, 0.5) is 0 Å². The molecule has 0 fully saturated rings. The van der Waals surface area contributed by atoms with Gasteiger partial charge in [-0.2, -0.15) is 0 Å². The maximum atomic E-state index is 5.05. The fourth-order valence-electron chi connectivity index (χ4n) is 0.219. The number of aromatic nitrogens is 5. The van der Waals surface area contributed by atoms with Crippen LogP contribution >= 0.6 is 0 Å². The number of hydrogen-bond acceptors (Lipinski definition) is 5. The van der Waals surface area contributed by atoms with Crippen molar-refractivity contribution < 1.29 is 0 Å². The lowest BCUT2D eigenvalue weighted by Gasteiger charge is -1.80. The minimum absolute atomic E-state index is 0.229. The van der Waals surface area contributed by atoms with Gasteiger partial charge < -0.3 is 5.73 Å². The highest BCUT2D eigenvalue weighted by molar-refractivity contribution is 4.13. The molecule has 0 atom stereocenters. The van der Waals surface area contributed by atoms with Crippen LogP contribution in [0.2, 0.25) is 0 Å². The van der Waals surface area contributed by atoms with Crippen molar-refractivity contribution in [2.75, 3.05) is 0 Å². The molecule has 0 aromatic carbocycles. The molecule has 0 unspecified atom stereocenters. The van der Waals surface area contributed by atoms with Crippen molar-refractivity contribution in [3.05, 3.63) is 0 Å². The standard InChI is InChI=1S/CH4N6/c2-1-7-5-3-4-6-7/h1-2H2. The SMILES string of the molecule is NCn1nnnn1. The van der Waals surface area contributed by atoms with Gasteiger partial charge in [0.25, 0.3) is 0 Å². The summed E-state index contributed by atoms with van der Waals surface area (Å²) >= 11 is 0. The Morgan fingerprint density at radius 3 is 2.14 bits per heavy atom. The Hall–Kier alpha value is -1.04. The lowest BCUT2D eigenvalue weighted by atomic mass is 11.2. The lowest BCUT2D eigenvalue weighted by molar-refractivity contribution is 0.530. The van der Waals surface area contributed by atoms with Crippen molar-refractivity contribution in [2.45, 2.75) is 6.67 Å².